The van der Waals surface area contributed by atoms with E-state index < -0.39 is 0 Å². The molecule has 2 N–H and O–H groups in total. The van der Waals surface area contributed by atoms with E-state index in [2.05, 4.69) is 32.3 Å². The van der Waals surface area contributed by atoms with Gasteiger partial charge in [0.1, 0.15) is 5.69 Å². The van der Waals surface area contributed by atoms with Gasteiger partial charge in [0.2, 0.25) is 0 Å². The number of aliphatic imine (C=N–C) groups is 1. The zero-order valence-electron chi connectivity index (χ0n) is 13.2. The number of halogens is 1. The molecule has 1 spiro atoms. The summed E-state index contributed by atoms with van der Waals surface area (Å²) in [6.07, 6.45) is 6.24. The molecule has 5 nitrogen and oxygen atoms in total. The predicted molar refractivity (Wildman–Crippen MR) is 102 cm³/mol. The molecule has 2 unspecified atom stereocenters. The zero-order valence-corrected chi connectivity index (χ0v) is 15.6. The van der Waals surface area contributed by atoms with Crippen LogP contribution in [0.4, 0.5) is 11.4 Å². The fourth-order valence-electron chi connectivity index (χ4n) is 4.92. The van der Waals surface area contributed by atoms with Crippen LogP contribution >= 0.6 is 27.7 Å². The SMILES string of the molecule is O=C1CC2SC3C[C@]2(C=C1Br)c1c(c(O)c2c4c1=NCCC=4C=N2)N3. The molecule has 1 saturated heterocycles. The van der Waals surface area contributed by atoms with Crippen LogP contribution in [0, 0.1) is 0 Å². The second-order valence-electron chi connectivity index (χ2n) is 7.21. The number of hydrogen-bond acceptors (Lipinski definition) is 6. The highest BCUT2D eigenvalue weighted by Crippen LogP contribution is 2.60. The lowest BCUT2D eigenvalue weighted by atomic mass is 9.68. The highest BCUT2D eigenvalue weighted by molar-refractivity contribution is 9.12. The van der Waals surface area contributed by atoms with Crippen LogP contribution in [0.3, 0.4) is 0 Å². The van der Waals surface area contributed by atoms with Crippen LogP contribution in [0.2, 0.25) is 0 Å². The number of benzene rings is 1. The molecule has 7 heteroatoms. The van der Waals surface area contributed by atoms with Crippen LogP contribution in [-0.2, 0) is 10.2 Å². The molecule has 1 aliphatic carbocycles. The molecule has 25 heavy (non-hydrogen) atoms. The second kappa shape index (κ2) is 4.57. The van der Waals surface area contributed by atoms with Crippen LogP contribution in [0.15, 0.2) is 20.5 Å². The smallest absolute Gasteiger partial charge is 0.170 e. The first-order chi connectivity index (χ1) is 12.1. The lowest BCUT2D eigenvalue weighted by Gasteiger charge is -2.39. The van der Waals surface area contributed by atoms with E-state index in [-0.39, 0.29) is 27.6 Å². The average Bonchev–Trinajstić information content (AvgIpc) is 3.13. The van der Waals surface area contributed by atoms with E-state index in [4.69, 9.17) is 4.99 Å². The molecule has 0 radical (unpaired) electrons. The molecule has 6 rings (SSSR count). The lowest BCUT2D eigenvalue weighted by molar-refractivity contribution is -0.115. The lowest BCUT2D eigenvalue weighted by Crippen LogP contribution is -2.48. The van der Waals surface area contributed by atoms with Crippen LogP contribution in [0.1, 0.15) is 24.8 Å². The van der Waals surface area contributed by atoms with Crippen LogP contribution in [0.5, 0.6) is 5.75 Å². The number of phenols is 1. The number of nitrogens with zero attached hydrogens (tertiary/aromatic N) is 2. The van der Waals surface area contributed by atoms with Crippen molar-refractivity contribution in [3.05, 3.63) is 26.7 Å². The van der Waals surface area contributed by atoms with Crippen molar-refractivity contribution in [2.24, 2.45) is 9.98 Å². The maximum atomic E-state index is 12.3. The first-order valence-electron chi connectivity index (χ1n) is 8.43. The maximum absolute atomic E-state index is 12.3. The van der Waals surface area contributed by atoms with Crippen LogP contribution in [0.25, 0.3) is 5.57 Å². The second-order valence-corrected chi connectivity index (χ2v) is 9.47. The van der Waals surface area contributed by atoms with Gasteiger partial charge in [0, 0.05) is 40.6 Å². The topological polar surface area (TPSA) is 74.0 Å². The number of phenolic OH excluding ortho intramolecular Hbond substituents is 1. The van der Waals surface area contributed by atoms with Gasteiger partial charge in [0.05, 0.1) is 20.9 Å². The highest BCUT2D eigenvalue weighted by Gasteiger charge is 2.56. The summed E-state index contributed by atoms with van der Waals surface area (Å²) in [5.74, 6) is 0.382. The molecule has 5 aliphatic rings. The number of thioether (sulfide) groups is 1. The van der Waals surface area contributed by atoms with E-state index in [1.54, 1.807) is 11.8 Å². The summed E-state index contributed by atoms with van der Waals surface area (Å²) in [5, 5.41) is 16.8. The molecule has 126 valence electrons. The summed E-state index contributed by atoms with van der Waals surface area (Å²) in [6, 6.07) is 0. The highest BCUT2D eigenvalue weighted by atomic mass is 79.9. The number of allylic oxidation sites excluding steroid dienone is 2. The normalized spacial score (nSPS) is 33.2. The summed E-state index contributed by atoms with van der Waals surface area (Å²) in [5.41, 5.74) is 3.36. The summed E-state index contributed by atoms with van der Waals surface area (Å²) in [6.45, 7) is 0.742. The minimum atomic E-state index is -0.265. The largest absolute Gasteiger partial charge is 0.504 e. The fraction of sp³-hybridized carbons (Fsp3) is 0.389. The van der Waals surface area contributed by atoms with E-state index in [9.17, 15) is 9.90 Å². The third kappa shape index (κ3) is 1.64. The number of hydrogen-bond donors (Lipinski definition) is 2. The quantitative estimate of drug-likeness (QED) is 0.635. The monoisotopic (exact) mass is 415 g/mol. The Labute approximate surface area is 156 Å². The van der Waals surface area contributed by atoms with Gasteiger partial charge in [-0.2, -0.15) is 0 Å². The summed E-state index contributed by atoms with van der Waals surface area (Å²) >= 11 is 5.28. The van der Waals surface area contributed by atoms with Crippen molar-refractivity contribution in [1.82, 2.24) is 0 Å². The molecule has 1 fully saturated rings. The number of ketones is 1. The Morgan fingerprint density at radius 3 is 3.20 bits per heavy atom. The fourth-order valence-corrected chi connectivity index (χ4v) is 7.22. The summed E-state index contributed by atoms with van der Waals surface area (Å²) < 4.78 is 0.654. The number of rotatable bonds is 0. The van der Waals surface area contributed by atoms with Gasteiger partial charge >= 0.3 is 0 Å². The van der Waals surface area contributed by atoms with Gasteiger partial charge in [0.15, 0.2) is 11.5 Å². The molecule has 0 aromatic heterocycles. The van der Waals surface area contributed by atoms with Crippen molar-refractivity contribution in [2.75, 3.05) is 11.9 Å². The molecule has 3 atom stereocenters. The number of carbonyl (C=O) groups excluding carboxylic acids is 1. The van der Waals surface area contributed by atoms with Crippen molar-refractivity contribution < 1.29 is 9.90 Å². The molecule has 1 aromatic rings. The Hall–Kier alpha value is -1.60. The number of Topliss-reactive ketones (excluding diaryl/α,β-unsaturated/α-hetero) is 1. The van der Waals surface area contributed by atoms with E-state index >= 15 is 0 Å². The molecule has 2 bridgehead atoms. The van der Waals surface area contributed by atoms with E-state index in [1.807, 2.05) is 6.21 Å². The van der Waals surface area contributed by atoms with Gasteiger partial charge in [-0.05, 0) is 34.3 Å². The van der Waals surface area contributed by atoms with Crippen LogP contribution in [-0.4, -0.2) is 34.3 Å². The van der Waals surface area contributed by atoms with Crippen molar-refractivity contribution in [3.8, 4) is 5.75 Å². The number of fused-ring (bicyclic) bond motifs is 3. The molecular formula is C18H14BrN3O2S. The Morgan fingerprint density at radius 1 is 1.44 bits per heavy atom. The summed E-state index contributed by atoms with van der Waals surface area (Å²) in [4.78, 5) is 21.6. The Morgan fingerprint density at radius 2 is 2.32 bits per heavy atom. The van der Waals surface area contributed by atoms with Crippen molar-refractivity contribution in [1.29, 1.82) is 0 Å². The first-order valence-corrected chi connectivity index (χ1v) is 10.2. The molecule has 0 amide bonds. The van der Waals surface area contributed by atoms with E-state index in [1.165, 1.54) is 0 Å². The molecule has 0 saturated carbocycles. The number of aromatic hydroxyl groups is 1. The number of carbonyl (C=O) groups is 1. The van der Waals surface area contributed by atoms with Crippen molar-refractivity contribution in [3.63, 3.8) is 0 Å². The molecule has 1 aromatic carbocycles. The average molecular weight is 416 g/mol. The van der Waals surface area contributed by atoms with Gasteiger partial charge in [-0.25, -0.2) is 0 Å². The first kappa shape index (κ1) is 14.6. The molecular weight excluding hydrogens is 402 g/mol. The van der Waals surface area contributed by atoms with Gasteiger partial charge in [-0.1, -0.05) is 6.08 Å². The third-order valence-corrected chi connectivity index (χ3v) is 8.16. The van der Waals surface area contributed by atoms with Crippen molar-refractivity contribution in [2.45, 2.75) is 35.3 Å². The van der Waals surface area contributed by atoms with E-state index in [0.717, 1.165) is 46.8 Å². The minimum Gasteiger partial charge on any atom is -0.504 e. The predicted octanol–water partition coefficient (Wildman–Crippen LogP) is 2.03. The standard InChI is InChI=1S/C18H14BrN3O2S/c19-8-4-18-5-11(25-10(18)3-9(8)23)22-16-13(18)14-12-7(1-2-20-14)6-21-15(12)17(16)24/h4,6,10-11,22,24H,1-3,5H2/t10?,11?,18-/m0/s1. The number of anilines is 1. The van der Waals surface area contributed by atoms with E-state index in [0.29, 0.717) is 16.6 Å². The number of nitrogens with one attached hydrogen (secondary N) is 1. The molecule has 4 aliphatic heterocycles. The van der Waals surface area contributed by atoms with Gasteiger partial charge in [0.25, 0.3) is 0 Å². The molecule has 4 heterocycles. The Kier molecular flexibility index (Phi) is 2.66. The Bertz CT molecular complexity index is 1080. The van der Waals surface area contributed by atoms with Crippen molar-refractivity contribution >= 4 is 56.6 Å². The van der Waals surface area contributed by atoms with Gasteiger partial charge in [-0.3, -0.25) is 14.8 Å². The van der Waals surface area contributed by atoms with Crippen LogP contribution < -0.4 is 15.9 Å². The maximum Gasteiger partial charge on any atom is 0.170 e. The third-order valence-electron chi connectivity index (χ3n) is 5.96. The van der Waals surface area contributed by atoms with Gasteiger partial charge < -0.3 is 10.4 Å². The minimum absolute atomic E-state index is 0.156. The Balaban J connectivity index is 1.79. The summed E-state index contributed by atoms with van der Waals surface area (Å²) in [7, 11) is 0. The zero-order chi connectivity index (χ0) is 16.9. The van der Waals surface area contributed by atoms with Gasteiger partial charge in [-0.15, -0.1) is 11.8 Å².